The summed E-state index contributed by atoms with van der Waals surface area (Å²) in [6.07, 6.45) is 0. The molecule has 0 bridgehead atoms. The fourth-order valence-electron chi connectivity index (χ4n) is 0.766. The summed E-state index contributed by atoms with van der Waals surface area (Å²) in [5, 5.41) is 7.88. The number of nitrogens with one attached hydrogen (secondary N) is 1. The third kappa shape index (κ3) is 3.23. The van der Waals surface area contributed by atoms with Crippen molar-refractivity contribution in [1.29, 1.82) is 5.41 Å². The molecule has 0 aliphatic rings. The van der Waals surface area contributed by atoms with E-state index in [1.807, 2.05) is 25.1 Å². The molecule has 0 aliphatic carbocycles. The minimum absolute atomic E-state index is 0.675. The Kier molecular flexibility index (Phi) is 3.17. The molecule has 58 valence electrons. The zero-order valence-corrected chi connectivity index (χ0v) is 7.32. The summed E-state index contributed by atoms with van der Waals surface area (Å²) in [5.41, 5.74) is 1.28. The Morgan fingerprint density at radius 3 is 2.55 bits per heavy atom. The van der Waals surface area contributed by atoms with E-state index in [0.29, 0.717) is 5.04 Å². The van der Waals surface area contributed by atoms with Crippen LogP contribution in [0.15, 0.2) is 30.3 Å². The van der Waals surface area contributed by atoms with Crippen molar-refractivity contribution in [3.8, 4) is 0 Å². The van der Waals surface area contributed by atoms with Crippen molar-refractivity contribution in [2.24, 2.45) is 0 Å². The lowest BCUT2D eigenvalue weighted by Gasteiger charge is -1.97. The number of benzene rings is 1. The minimum Gasteiger partial charge on any atom is -0.299 e. The molecule has 0 heterocycles. The molecule has 0 aliphatic heterocycles. The van der Waals surface area contributed by atoms with Gasteiger partial charge in [0.05, 0.1) is 5.04 Å². The molecule has 1 rings (SSSR count). The van der Waals surface area contributed by atoms with Crippen LogP contribution in [0.1, 0.15) is 12.5 Å². The molecule has 0 fully saturated rings. The molecule has 0 unspecified atom stereocenters. The van der Waals surface area contributed by atoms with Crippen LogP contribution in [0.4, 0.5) is 0 Å². The average molecular weight is 165 g/mol. The summed E-state index contributed by atoms with van der Waals surface area (Å²) in [7, 11) is 0. The van der Waals surface area contributed by atoms with E-state index < -0.39 is 0 Å². The van der Waals surface area contributed by atoms with E-state index in [2.05, 4.69) is 12.1 Å². The Morgan fingerprint density at radius 1 is 1.36 bits per heavy atom. The van der Waals surface area contributed by atoms with Crippen LogP contribution in [0.3, 0.4) is 0 Å². The second kappa shape index (κ2) is 4.19. The fourth-order valence-corrected chi connectivity index (χ4v) is 1.34. The Morgan fingerprint density at radius 2 is 2.00 bits per heavy atom. The molecule has 0 radical (unpaired) electrons. The smallest absolute Gasteiger partial charge is 0.0613 e. The highest BCUT2D eigenvalue weighted by atomic mass is 32.2. The van der Waals surface area contributed by atoms with Crippen LogP contribution in [0.2, 0.25) is 0 Å². The average Bonchev–Trinajstić information content (AvgIpc) is 2.03. The van der Waals surface area contributed by atoms with Crippen LogP contribution < -0.4 is 0 Å². The van der Waals surface area contributed by atoms with Crippen LogP contribution in [0.5, 0.6) is 0 Å². The second-order valence-corrected chi connectivity index (χ2v) is 3.52. The van der Waals surface area contributed by atoms with Crippen molar-refractivity contribution in [2.75, 3.05) is 0 Å². The van der Waals surface area contributed by atoms with Crippen LogP contribution in [0, 0.1) is 5.41 Å². The van der Waals surface area contributed by atoms with E-state index >= 15 is 0 Å². The largest absolute Gasteiger partial charge is 0.299 e. The highest BCUT2D eigenvalue weighted by Crippen LogP contribution is 2.11. The van der Waals surface area contributed by atoms with Crippen LogP contribution in [-0.2, 0) is 5.75 Å². The zero-order chi connectivity index (χ0) is 8.10. The summed E-state index contributed by atoms with van der Waals surface area (Å²) < 4.78 is 0. The minimum atomic E-state index is 0.675. The van der Waals surface area contributed by atoms with Gasteiger partial charge in [-0.05, 0) is 12.5 Å². The first-order valence-electron chi connectivity index (χ1n) is 3.51. The maximum atomic E-state index is 7.21. The van der Waals surface area contributed by atoms with E-state index in [9.17, 15) is 0 Å². The normalized spacial score (nSPS) is 9.55. The number of hydrogen-bond acceptors (Lipinski definition) is 2. The predicted molar refractivity (Wildman–Crippen MR) is 51.1 cm³/mol. The van der Waals surface area contributed by atoms with Gasteiger partial charge >= 0.3 is 0 Å². The first-order valence-corrected chi connectivity index (χ1v) is 4.49. The van der Waals surface area contributed by atoms with Crippen LogP contribution in [0.25, 0.3) is 0 Å². The third-order valence-corrected chi connectivity index (χ3v) is 2.21. The van der Waals surface area contributed by atoms with Gasteiger partial charge in [0.15, 0.2) is 0 Å². The molecular formula is C9H11NS. The zero-order valence-electron chi connectivity index (χ0n) is 6.50. The maximum Gasteiger partial charge on any atom is 0.0613 e. The van der Waals surface area contributed by atoms with Gasteiger partial charge < -0.3 is 0 Å². The Labute approximate surface area is 71.3 Å². The Hall–Kier alpha value is -0.760. The van der Waals surface area contributed by atoms with E-state index in [1.165, 1.54) is 5.56 Å². The molecule has 1 aromatic rings. The molecule has 11 heavy (non-hydrogen) atoms. The van der Waals surface area contributed by atoms with Crippen molar-refractivity contribution < 1.29 is 0 Å². The lowest BCUT2D eigenvalue weighted by atomic mass is 10.2. The quantitative estimate of drug-likeness (QED) is 0.528. The van der Waals surface area contributed by atoms with Gasteiger partial charge in [0, 0.05) is 5.75 Å². The van der Waals surface area contributed by atoms with Gasteiger partial charge in [0.2, 0.25) is 0 Å². The highest BCUT2D eigenvalue weighted by Gasteiger charge is 1.91. The predicted octanol–water partition coefficient (Wildman–Crippen LogP) is 2.92. The van der Waals surface area contributed by atoms with Gasteiger partial charge in [-0.15, -0.1) is 11.8 Å². The second-order valence-electron chi connectivity index (χ2n) is 2.33. The first-order chi connectivity index (χ1) is 5.29. The third-order valence-electron chi connectivity index (χ3n) is 1.30. The summed E-state index contributed by atoms with van der Waals surface area (Å²) >= 11 is 1.57. The highest BCUT2D eigenvalue weighted by molar-refractivity contribution is 8.13. The number of rotatable bonds is 2. The van der Waals surface area contributed by atoms with Gasteiger partial charge in [-0.3, -0.25) is 5.41 Å². The molecule has 0 amide bonds. The molecule has 0 saturated heterocycles. The molecular weight excluding hydrogens is 154 g/mol. The summed E-state index contributed by atoms with van der Waals surface area (Å²) in [5.74, 6) is 0.913. The van der Waals surface area contributed by atoms with Gasteiger partial charge in [0.25, 0.3) is 0 Å². The molecule has 0 aromatic heterocycles. The van der Waals surface area contributed by atoms with Gasteiger partial charge in [0.1, 0.15) is 0 Å². The lowest BCUT2D eigenvalue weighted by molar-refractivity contribution is 1.42. The lowest BCUT2D eigenvalue weighted by Crippen LogP contribution is -1.83. The van der Waals surface area contributed by atoms with Crippen molar-refractivity contribution in [3.05, 3.63) is 35.9 Å². The fraction of sp³-hybridized carbons (Fsp3) is 0.222. The Bertz CT molecular complexity index is 231. The topological polar surface area (TPSA) is 23.9 Å². The molecule has 0 atom stereocenters. The van der Waals surface area contributed by atoms with E-state index in [1.54, 1.807) is 11.8 Å². The maximum absolute atomic E-state index is 7.21. The standard InChI is InChI=1S/C9H11NS/c1-8(10)11-7-9-5-3-2-4-6-9/h2-6,10H,7H2,1H3. The van der Waals surface area contributed by atoms with Crippen LogP contribution in [-0.4, -0.2) is 5.04 Å². The van der Waals surface area contributed by atoms with Crippen molar-refractivity contribution in [2.45, 2.75) is 12.7 Å². The SMILES string of the molecule is CC(=N)SCc1ccccc1. The van der Waals surface area contributed by atoms with E-state index in [0.717, 1.165) is 5.75 Å². The van der Waals surface area contributed by atoms with Crippen LogP contribution >= 0.6 is 11.8 Å². The number of hydrogen-bond donors (Lipinski definition) is 1. The van der Waals surface area contributed by atoms with Crippen molar-refractivity contribution in [3.63, 3.8) is 0 Å². The molecule has 1 aromatic carbocycles. The summed E-state index contributed by atoms with van der Waals surface area (Å²) in [4.78, 5) is 0. The molecule has 2 heteroatoms. The van der Waals surface area contributed by atoms with E-state index in [-0.39, 0.29) is 0 Å². The molecule has 0 spiro atoms. The monoisotopic (exact) mass is 165 g/mol. The summed E-state index contributed by atoms with van der Waals surface area (Å²) in [6.45, 7) is 1.81. The van der Waals surface area contributed by atoms with E-state index in [4.69, 9.17) is 5.41 Å². The molecule has 1 nitrogen and oxygen atoms in total. The first kappa shape index (κ1) is 8.34. The molecule has 0 saturated carbocycles. The van der Waals surface area contributed by atoms with Gasteiger partial charge in [-0.2, -0.15) is 0 Å². The van der Waals surface area contributed by atoms with Crippen molar-refractivity contribution in [1.82, 2.24) is 0 Å². The van der Waals surface area contributed by atoms with Crippen molar-refractivity contribution >= 4 is 16.8 Å². The molecule has 1 N–H and O–H groups in total. The summed E-state index contributed by atoms with van der Waals surface area (Å²) in [6, 6.07) is 10.2. The number of thioether (sulfide) groups is 1. The van der Waals surface area contributed by atoms with Gasteiger partial charge in [-0.25, -0.2) is 0 Å². The van der Waals surface area contributed by atoms with Gasteiger partial charge in [-0.1, -0.05) is 30.3 Å². The Balaban J connectivity index is 2.45.